The monoisotopic (exact) mass is 817 g/mol. The number of fused-ring (bicyclic) bond motifs is 1. The number of alkyl halides is 3. The van der Waals surface area contributed by atoms with Gasteiger partial charge in [-0.2, -0.15) is 21.6 Å². The summed E-state index contributed by atoms with van der Waals surface area (Å²) < 4.78 is 81.9. The number of sulfonamides is 1. The predicted molar refractivity (Wildman–Crippen MR) is 203 cm³/mol. The standard InChI is InChI=1S/C39H46F3N5O9S/c1-8-24-20-38(24,35(50)46-57(52,53)39(40,41)42)45-33(48)31-18-26(21-47(31)34(49)30(16-22(2)3)44-36(51)56-37(4,5)6)55-32-19-28(23-12-10-9-11-13-23)43-29-17-25(54-7)14-15-27(29)32/h8-15,17,19,22,24,26,30-31H,1,16,18,20-21H2,2-7H3,(H,44,51)(H,45,48)(H,46,50). The normalized spacial score (nSPS) is 21.4. The Morgan fingerprint density at radius 2 is 1.75 bits per heavy atom. The third-order valence-corrected chi connectivity index (χ3v) is 10.5. The third kappa shape index (κ3) is 9.77. The van der Waals surface area contributed by atoms with E-state index in [1.165, 1.54) is 18.1 Å². The van der Waals surface area contributed by atoms with E-state index in [4.69, 9.17) is 19.2 Å². The van der Waals surface area contributed by atoms with Crippen LogP contribution in [-0.4, -0.2) is 90.6 Å². The number of likely N-dealkylation sites (tertiary alicyclic amines) is 1. The van der Waals surface area contributed by atoms with Gasteiger partial charge in [0.25, 0.3) is 5.91 Å². The quantitative estimate of drug-likeness (QED) is 0.193. The van der Waals surface area contributed by atoms with E-state index < -0.39 is 74.6 Å². The van der Waals surface area contributed by atoms with Gasteiger partial charge in [0.2, 0.25) is 11.8 Å². The second kappa shape index (κ2) is 16.2. The summed E-state index contributed by atoms with van der Waals surface area (Å²) >= 11 is 0. The fraction of sp³-hybridized carbons (Fsp3) is 0.462. The number of carbonyl (C=O) groups is 4. The predicted octanol–water partition coefficient (Wildman–Crippen LogP) is 5.22. The van der Waals surface area contributed by atoms with E-state index in [1.807, 2.05) is 44.2 Å². The fourth-order valence-corrected chi connectivity index (χ4v) is 7.21. The molecule has 3 N–H and O–H groups in total. The Bertz CT molecular complexity index is 2140. The number of methoxy groups -OCH3 is 1. The number of pyridine rings is 1. The molecule has 2 heterocycles. The van der Waals surface area contributed by atoms with Crippen LogP contribution < -0.4 is 24.8 Å². The summed E-state index contributed by atoms with van der Waals surface area (Å²) in [6.45, 7) is 12.0. The first-order chi connectivity index (χ1) is 26.6. The zero-order valence-corrected chi connectivity index (χ0v) is 33.1. The van der Waals surface area contributed by atoms with Crippen LogP contribution >= 0.6 is 0 Å². The van der Waals surface area contributed by atoms with Crippen molar-refractivity contribution in [2.24, 2.45) is 11.8 Å². The number of hydrogen-bond donors (Lipinski definition) is 3. The smallest absolute Gasteiger partial charge is 0.497 e. The van der Waals surface area contributed by atoms with Crippen molar-refractivity contribution in [1.29, 1.82) is 0 Å². The maximum Gasteiger partial charge on any atom is 0.516 e. The molecule has 1 aliphatic heterocycles. The first-order valence-corrected chi connectivity index (χ1v) is 19.6. The molecule has 3 aromatic rings. The van der Waals surface area contributed by atoms with E-state index in [2.05, 4.69) is 17.2 Å². The minimum atomic E-state index is -6.12. The van der Waals surface area contributed by atoms with E-state index in [9.17, 15) is 40.8 Å². The van der Waals surface area contributed by atoms with Crippen LogP contribution in [0.5, 0.6) is 11.5 Å². The number of aromatic nitrogens is 1. The molecule has 14 nitrogen and oxygen atoms in total. The summed E-state index contributed by atoms with van der Waals surface area (Å²) in [7, 11) is -4.61. The Morgan fingerprint density at radius 3 is 2.33 bits per heavy atom. The van der Waals surface area contributed by atoms with Crippen LogP contribution in [0.25, 0.3) is 22.2 Å². The number of carbonyl (C=O) groups excluding carboxylic acids is 4. The molecule has 1 aliphatic carbocycles. The maximum absolute atomic E-state index is 14.4. The highest BCUT2D eigenvalue weighted by molar-refractivity contribution is 7.90. The van der Waals surface area contributed by atoms with E-state index in [-0.39, 0.29) is 31.7 Å². The lowest BCUT2D eigenvalue weighted by Gasteiger charge is -2.31. The number of alkyl carbamates (subject to hydrolysis) is 1. The van der Waals surface area contributed by atoms with Crippen LogP contribution in [-0.2, 0) is 29.1 Å². The van der Waals surface area contributed by atoms with Gasteiger partial charge in [0, 0.05) is 35.4 Å². The molecule has 2 aliphatic rings. The first-order valence-electron chi connectivity index (χ1n) is 18.2. The summed E-state index contributed by atoms with van der Waals surface area (Å²) in [6, 6.07) is 13.6. The van der Waals surface area contributed by atoms with E-state index >= 15 is 0 Å². The van der Waals surface area contributed by atoms with Crippen molar-refractivity contribution in [2.45, 2.75) is 88.7 Å². The highest BCUT2D eigenvalue weighted by Gasteiger charge is 2.63. The molecule has 0 spiro atoms. The zero-order chi connectivity index (χ0) is 42.1. The Labute approximate surface area is 328 Å². The lowest BCUT2D eigenvalue weighted by molar-refractivity contribution is -0.141. The summed E-state index contributed by atoms with van der Waals surface area (Å²) in [5.41, 5.74) is -6.97. The van der Waals surface area contributed by atoms with Gasteiger partial charge >= 0.3 is 21.6 Å². The van der Waals surface area contributed by atoms with Gasteiger partial charge in [-0.1, -0.05) is 50.3 Å². The first kappa shape index (κ1) is 42.7. The second-order valence-corrected chi connectivity index (χ2v) is 17.1. The molecule has 4 amide bonds. The van der Waals surface area contributed by atoms with Crippen molar-refractivity contribution >= 4 is 44.7 Å². The largest absolute Gasteiger partial charge is 0.516 e. The van der Waals surface area contributed by atoms with Crippen LogP contribution in [0.4, 0.5) is 18.0 Å². The van der Waals surface area contributed by atoms with Gasteiger partial charge in [0.1, 0.15) is 40.8 Å². The summed E-state index contributed by atoms with van der Waals surface area (Å²) in [5, 5.41) is 5.63. The van der Waals surface area contributed by atoms with Crippen molar-refractivity contribution in [3.63, 3.8) is 0 Å². The lowest BCUT2D eigenvalue weighted by Crippen LogP contribution is -2.59. The van der Waals surface area contributed by atoms with Gasteiger partial charge < -0.3 is 29.7 Å². The molecule has 5 rings (SSSR count). The number of hydrogen-bond acceptors (Lipinski definition) is 10. The van der Waals surface area contributed by atoms with Crippen LogP contribution in [0.15, 0.2) is 67.3 Å². The molecular weight excluding hydrogens is 772 g/mol. The van der Waals surface area contributed by atoms with Crippen LogP contribution in [0.2, 0.25) is 0 Å². The highest BCUT2D eigenvalue weighted by atomic mass is 32.2. The highest BCUT2D eigenvalue weighted by Crippen LogP contribution is 2.45. The third-order valence-electron chi connectivity index (χ3n) is 9.47. The zero-order valence-electron chi connectivity index (χ0n) is 32.3. The average Bonchev–Trinajstić information content (AvgIpc) is 3.68. The molecule has 5 atom stereocenters. The van der Waals surface area contributed by atoms with E-state index in [1.54, 1.807) is 45.0 Å². The van der Waals surface area contributed by atoms with Gasteiger partial charge in [-0.15, -0.1) is 6.58 Å². The van der Waals surface area contributed by atoms with Gasteiger partial charge in [-0.3, -0.25) is 14.4 Å². The topological polar surface area (TPSA) is 182 Å². The number of amides is 4. The molecule has 308 valence electrons. The molecule has 2 aromatic carbocycles. The lowest BCUT2D eigenvalue weighted by atomic mass is 10.0. The fourth-order valence-electron chi connectivity index (χ4n) is 6.66. The van der Waals surface area contributed by atoms with E-state index in [0.717, 1.165) is 10.3 Å². The van der Waals surface area contributed by atoms with E-state index in [0.29, 0.717) is 28.1 Å². The van der Waals surface area contributed by atoms with Crippen LogP contribution in [0, 0.1) is 11.8 Å². The minimum Gasteiger partial charge on any atom is -0.497 e. The molecule has 1 saturated carbocycles. The molecule has 0 radical (unpaired) electrons. The van der Waals surface area contributed by atoms with Gasteiger partial charge in [-0.25, -0.2) is 14.5 Å². The second-order valence-electron chi connectivity index (χ2n) is 15.5. The van der Waals surface area contributed by atoms with Crippen LogP contribution in [0.1, 0.15) is 53.9 Å². The minimum absolute atomic E-state index is 0.130. The van der Waals surface area contributed by atoms with Crippen LogP contribution in [0.3, 0.4) is 0 Å². The molecule has 2 fully saturated rings. The van der Waals surface area contributed by atoms with Gasteiger partial charge in [0.15, 0.2) is 0 Å². The van der Waals surface area contributed by atoms with Crippen molar-refractivity contribution in [1.82, 2.24) is 25.2 Å². The van der Waals surface area contributed by atoms with Gasteiger partial charge in [-0.05, 0) is 51.7 Å². The molecular formula is C39H46F3N5O9S. The molecule has 1 aromatic heterocycles. The summed E-state index contributed by atoms with van der Waals surface area (Å²) in [4.78, 5) is 60.8. The van der Waals surface area contributed by atoms with Crippen molar-refractivity contribution in [2.75, 3.05) is 13.7 Å². The van der Waals surface area contributed by atoms with Crippen molar-refractivity contribution < 1.29 is 55.0 Å². The molecule has 0 bridgehead atoms. The number of nitrogens with zero attached hydrogens (tertiary/aromatic N) is 2. The number of nitrogens with one attached hydrogen (secondary N) is 3. The Morgan fingerprint density at radius 1 is 1.07 bits per heavy atom. The Kier molecular flexibility index (Phi) is 12.2. The van der Waals surface area contributed by atoms with Crippen molar-refractivity contribution in [3.05, 3.63) is 67.3 Å². The summed E-state index contributed by atoms with van der Waals surface area (Å²) in [5.74, 6) is -3.44. The number of ether oxygens (including phenoxy) is 3. The number of rotatable bonds is 13. The Hall–Kier alpha value is -5.39. The Balaban J connectivity index is 1.52. The number of benzene rings is 2. The molecule has 18 heteroatoms. The molecule has 57 heavy (non-hydrogen) atoms. The SMILES string of the molecule is C=CC1CC1(NC(=O)C1CC(Oc2cc(-c3ccccc3)nc3cc(OC)ccc23)CN1C(=O)C(CC(C)C)NC(=O)OC(C)(C)C)C(=O)NS(=O)(=O)C(F)(F)F. The maximum atomic E-state index is 14.4. The summed E-state index contributed by atoms with van der Waals surface area (Å²) in [6.07, 6.45) is -0.849. The van der Waals surface area contributed by atoms with Crippen molar-refractivity contribution in [3.8, 4) is 22.8 Å². The van der Waals surface area contributed by atoms with Gasteiger partial charge in [0.05, 0.1) is 24.9 Å². The molecule has 1 saturated heterocycles. The molecule has 5 unspecified atom stereocenters. The number of halogens is 3. The average molecular weight is 818 g/mol.